The first kappa shape index (κ1) is 17.9. The summed E-state index contributed by atoms with van der Waals surface area (Å²) in [6, 6.07) is 13.5. The highest BCUT2D eigenvalue weighted by atomic mass is 32.1. The average molecular weight is 368 g/mol. The van der Waals surface area contributed by atoms with Crippen LogP contribution in [0.1, 0.15) is 12.5 Å². The van der Waals surface area contributed by atoms with E-state index in [-0.39, 0.29) is 5.91 Å². The average Bonchev–Trinajstić information content (AvgIpc) is 3.01. The molecule has 2 aromatic carbocycles. The molecule has 1 aromatic heterocycles. The van der Waals surface area contributed by atoms with Gasteiger partial charge in [-0.05, 0) is 18.6 Å². The maximum atomic E-state index is 12.3. The molecule has 0 bridgehead atoms. The number of ether oxygens (including phenoxy) is 2. The van der Waals surface area contributed by atoms with Crippen LogP contribution in [0.4, 0.5) is 0 Å². The molecule has 0 aliphatic carbocycles. The number of aryl methyl sites for hydroxylation is 1. The SMILES string of the molecule is CCn1c(=NC(=O)/C=C/c2ccccc2)sc2cc(OC)c(OC)cc21. The van der Waals surface area contributed by atoms with E-state index < -0.39 is 0 Å². The molecule has 6 heteroatoms. The molecular formula is C20H20N2O3S. The van der Waals surface area contributed by atoms with Crippen molar-refractivity contribution in [1.29, 1.82) is 0 Å². The first-order valence-electron chi connectivity index (χ1n) is 8.23. The van der Waals surface area contributed by atoms with E-state index in [2.05, 4.69) is 4.99 Å². The Morgan fingerprint density at radius 3 is 2.50 bits per heavy atom. The largest absolute Gasteiger partial charge is 0.493 e. The van der Waals surface area contributed by atoms with Gasteiger partial charge in [0, 0.05) is 24.8 Å². The van der Waals surface area contributed by atoms with E-state index in [9.17, 15) is 4.79 Å². The van der Waals surface area contributed by atoms with Crippen LogP contribution in [0.2, 0.25) is 0 Å². The number of fused-ring (bicyclic) bond motifs is 1. The fourth-order valence-corrected chi connectivity index (χ4v) is 3.76. The smallest absolute Gasteiger partial charge is 0.272 e. The lowest BCUT2D eigenvalue weighted by atomic mass is 10.2. The molecule has 0 fully saturated rings. The van der Waals surface area contributed by atoms with Crippen molar-refractivity contribution in [2.45, 2.75) is 13.5 Å². The molecule has 0 aliphatic rings. The van der Waals surface area contributed by atoms with Crippen LogP contribution in [0.5, 0.6) is 11.5 Å². The highest BCUT2D eigenvalue weighted by Gasteiger charge is 2.12. The summed E-state index contributed by atoms with van der Waals surface area (Å²) in [5.74, 6) is 1.02. The highest BCUT2D eigenvalue weighted by molar-refractivity contribution is 7.16. The molecule has 3 aromatic rings. The van der Waals surface area contributed by atoms with Crippen molar-refractivity contribution in [1.82, 2.24) is 4.57 Å². The van der Waals surface area contributed by atoms with Crippen molar-refractivity contribution in [3.05, 3.63) is 58.9 Å². The Kier molecular flexibility index (Phi) is 5.53. The Balaban J connectivity index is 2.02. The van der Waals surface area contributed by atoms with Crippen LogP contribution in [0.25, 0.3) is 16.3 Å². The van der Waals surface area contributed by atoms with E-state index in [0.717, 1.165) is 15.8 Å². The van der Waals surface area contributed by atoms with E-state index in [4.69, 9.17) is 9.47 Å². The third-order valence-electron chi connectivity index (χ3n) is 3.93. The number of aromatic nitrogens is 1. The molecule has 0 atom stereocenters. The van der Waals surface area contributed by atoms with Gasteiger partial charge in [-0.2, -0.15) is 4.99 Å². The molecule has 0 radical (unpaired) electrons. The number of carbonyl (C=O) groups excluding carboxylic acids is 1. The standard InChI is InChI=1S/C20H20N2O3S/c1-4-22-15-12-16(24-2)17(25-3)13-18(15)26-20(22)21-19(23)11-10-14-8-6-5-7-9-14/h5-13H,4H2,1-3H3/b11-10+,21-20?. The maximum absolute atomic E-state index is 12.3. The van der Waals surface area contributed by atoms with E-state index in [1.165, 1.54) is 17.4 Å². The number of thiazole rings is 1. The fraction of sp³-hybridized carbons (Fsp3) is 0.200. The van der Waals surface area contributed by atoms with Gasteiger partial charge in [-0.1, -0.05) is 41.7 Å². The molecule has 1 heterocycles. The maximum Gasteiger partial charge on any atom is 0.272 e. The van der Waals surface area contributed by atoms with Crippen LogP contribution in [-0.4, -0.2) is 24.7 Å². The van der Waals surface area contributed by atoms with Crippen molar-refractivity contribution >= 4 is 33.5 Å². The van der Waals surface area contributed by atoms with Crippen LogP contribution in [0, 0.1) is 0 Å². The minimum Gasteiger partial charge on any atom is -0.493 e. The minimum absolute atomic E-state index is 0.290. The Morgan fingerprint density at radius 2 is 1.85 bits per heavy atom. The topological polar surface area (TPSA) is 52.8 Å². The van der Waals surface area contributed by atoms with Crippen molar-refractivity contribution in [3.63, 3.8) is 0 Å². The number of benzene rings is 2. The first-order valence-corrected chi connectivity index (χ1v) is 9.05. The van der Waals surface area contributed by atoms with Gasteiger partial charge < -0.3 is 14.0 Å². The molecule has 0 N–H and O–H groups in total. The number of amides is 1. The Bertz CT molecular complexity index is 1020. The van der Waals surface area contributed by atoms with Crippen LogP contribution >= 0.6 is 11.3 Å². The van der Waals surface area contributed by atoms with Crippen LogP contribution in [0.15, 0.2) is 53.5 Å². The predicted molar refractivity (Wildman–Crippen MR) is 105 cm³/mol. The summed E-state index contributed by atoms with van der Waals surface area (Å²) in [4.78, 5) is 17.2. The van der Waals surface area contributed by atoms with Crippen molar-refractivity contribution < 1.29 is 14.3 Å². The highest BCUT2D eigenvalue weighted by Crippen LogP contribution is 2.33. The summed E-state index contributed by atoms with van der Waals surface area (Å²) in [6.07, 6.45) is 3.25. The monoisotopic (exact) mass is 368 g/mol. The molecule has 0 saturated heterocycles. The minimum atomic E-state index is -0.290. The van der Waals surface area contributed by atoms with E-state index >= 15 is 0 Å². The van der Waals surface area contributed by atoms with E-state index in [1.54, 1.807) is 20.3 Å². The molecule has 134 valence electrons. The van der Waals surface area contributed by atoms with Gasteiger partial charge in [0.2, 0.25) is 0 Å². The number of carbonyl (C=O) groups is 1. The van der Waals surface area contributed by atoms with Gasteiger partial charge in [-0.15, -0.1) is 0 Å². The summed E-state index contributed by atoms with van der Waals surface area (Å²) in [5.41, 5.74) is 1.93. The Labute approximate surface area is 155 Å². The fourth-order valence-electron chi connectivity index (χ4n) is 2.65. The third kappa shape index (κ3) is 3.70. The normalized spacial score (nSPS) is 12.0. The van der Waals surface area contributed by atoms with Gasteiger partial charge in [0.15, 0.2) is 16.3 Å². The molecule has 0 aliphatic heterocycles. The summed E-state index contributed by atoms with van der Waals surface area (Å²) in [7, 11) is 3.21. The molecule has 0 spiro atoms. The van der Waals surface area contributed by atoms with Gasteiger partial charge in [0.25, 0.3) is 5.91 Å². The lowest BCUT2D eigenvalue weighted by Crippen LogP contribution is -2.15. The second kappa shape index (κ2) is 8.01. The summed E-state index contributed by atoms with van der Waals surface area (Å²) in [6.45, 7) is 2.72. The summed E-state index contributed by atoms with van der Waals surface area (Å²) >= 11 is 1.45. The summed E-state index contributed by atoms with van der Waals surface area (Å²) in [5, 5.41) is 0. The van der Waals surface area contributed by atoms with Gasteiger partial charge in [0.1, 0.15) is 0 Å². The van der Waals surface area contributed by atoms with Crippen molar-refractivity contribution in [3.8, 4) is 11.5 Å². The van der Waals surface area contributed by atoms with Crippen LogP contribution in [-0.2, 0) is 11.3 Å². The zero-order valence-corrected chi connectivity index (χ0v) is 15.7. The predicted octanol–water partition coefficient (Wildman–Crippen LogP) is 3.88. The second-order valence-corrected chi connectivity index (χ2v) is 6.51. The van der Waals surface area contributed by atoms with Gasteiger partial charge in [-0.3, -0.25) is 4.79 Å². The zero-order chi connectivity index (χ0) is 18.5. The van der Waals surface area contributed by atoms with Gasteiger partial charge in [0.05, 0.1) is 24.4 Å². The first-order chi connectivity index (χ1) is 12.7. The number of hydrogen-bond acceptors (Lipinski definition) is 4. The zero-order valence-electron chi connectivity index (χ0n) is 14.9. The molecular weight excluding hydrogens is 348 g/mol. The van der Waals surface area contributed by atoms with E-state index in [1.807, 2.05) is 54.0 Å². The third-order valence-corrected chi connectivity index (χ3v) is 4.97. The molecule has 3 rings (SSSR count). The quantitative estimate of drug-likeness (QED) is 0.642. The number of rotatable bonds is 5. The lowest BCUT2D eigenvalue weighted by molar-refractivity contribution is -0.113. The van der Waals surface area contributed by atoms with Crippen molar-refractivity contribution in [2.24, 2.45) is 4.99 Å². The van der Waals surface area contributed by atoms with Crippen LogP contribution < -0.4 is 14.3 Å². The molecule has 0 unspecified atom stereocenters. The van der Waals surface area contributed by atoms with E-state index in [0.29, 0.717) is 22.8 Å². The number of hydrogen-bond donors (Lipinski definition) is 0. The van der Waals surface area contributed by atoms with Crippen LogP contribution in [0.3, 0.4) is 0 Å². The second-order valence-electron chi connectivity index (χ2n) is 5.50. The van der Waals surface area contributed by atoms with Crippen molar-refractivity contribution in [2.75, 3.05) is 14.2 Å². The lowest BCUT2D eigenvalue weighted by Gasteiger charge is -2.08. The van der Waals surface area contributed by atoms with Gasteiger partial charge in [-0.25, -0.2) is 0 Å². The summed E-state index contributed by atoms with van der Waals surface area (Å²) < 4.78 is 13.7. The molecule has 1 amide bonds. The van der Waals surface area contributed by atoms with Gasteiger partial charge >= 0.3 is 0 Å². The Hall–Kier alpha value is -2.86. The molecule has 26 heavy (non-hydrogen) atoms. The Morgan fingerprint density at radius 1 is 1.15 bits per heavy atom. The molecule has 5 nitrogen and oxygen atoms in total. The number of methoxy groups -OCH3 is 2. The molecule has 0 saturated carbocycles. The number of nitrogens with zero attached hydrogens (tertiary/aromatic N) is 2.